The minimum atomic E-state index is 0.787. The van der Waals surface area contributed by atoms with Gasteiger partial charge in [0.25, 0.3) is 0 Å². The first-order valence-corrected chi connectivity index (χ1v) is 7.73. The number of fused-ring (bicyclic) bond motifs is 2. The SMILES string of the molecule is CCN(CCc1ccnn1C)C1CC2CCC(C1)N2. The number of hydrogen-bond donors (Lipinski definition) is 1. The van der Waals surface area contributed by atoms with E-state index in [1.165, 1.54) is 44.5 Å². The summed E-state index contributed by atoms with van der Waals surface area (Å²) in [6.45, 7) is 4.63. The molecule has 19 heavy (non-hydrogen) atoms. The van der Waals surface area contributed by atoms with Crippen LogP contribution in [-0.2, 0) is 13.5 Å². The Morgan fingerprint density at radius 3 is 2.68 bits per heavy atom. The van der Waals surface area contributed by atoms with Gasteiger partial charge in [-0.1, -0.05) is 6.92 Å². The van der Waals surface area contributed by atoms with E-state index in [4.69, 9.17) is 0 Å². The van der Waals surface area contributed by atoms with Crippen molar-refractivity contribution in [2.45, 2.75) is 57.2 Å². The second-order valence-electron chi connectivity index (χ2n) is 6.09. The predicted molar refractivity (Wildman–Crippen MR) is 77.1 cm³/mol. The molecule has 0 saturated carbocycles. The fourth-order valence-electron chi connectivity index (χ4n) is 3.83. The van der Waals surface area contributed by atoms with Gasteiger partial charge in [-0.3, -0.25) is 4.68 Å². The maximum Gasteiger partial charge on any atom is 0.0492 e. The van der Waals surface area contributed by atoms with Crippen LogP contribution >= 0.6 is 0 Å². The number of piperidine rings is 1. The summed E-state index contributed by atoms with van der Waals surface area (Å²) in [5.74, 6) is 0. The van der Waals surface area contributed by atoms with Gasteiger partial charge in [-0.15, -0.1) is 0 Å². The molecule has 2 atom stereocenters. The van der Waals surface area contributed by atoms with Crippen molar-refractivity contribution in [3.05, 3.63) is 18.0 Å². The van der Waals surface area contributed by atoms with Gasteiger partial charge in [-0.05, 0) is 38.3 Å². The molecular formula is C15H26N4. The van der Waals surface area contributed by atoms with E-state index in [9.17, 15) is 0 Å². The van der Waals surface area contributed by atoms with E-state index in [1.54, 1.807) is 0 Å². The lowest BCUT2D eigenvalue weighted by atomic mass is 9.98. The molecule has 0 aromatic carbocycles. The molecule has 0 radical (unpaired) electrons. The zero-order valence-electron chi connectivity index (χ0n) is 12.2. The number of likely N-dealkylation sites (N-methyl/N-ethyl adjacent to an activating group) is 1. The summed E-state index contributed by atoms with van der Waals surface area (Å²) < 4.78 is 2.00. The minimum absolute atomic E-state index is 0.787. The van der Waals surface area contributed by atoms with Gasteiger partial charge < -0.3 is 10.2 Å². The molecule has 0 amide bonds. The number of aryl methyl sites for hydroxylation is 1. The summed E-state index contributed by atoms with van der Waals surface area (Å²) >= 11 is 0. The normalized spacial score (nSPS) is 30.2. The van der Waals surface area contributed by atoms with Gasteiger partial charge in [0.15, 0.2) is 0 Å². The van der Waals surface area contributed by atoms with Crippen molar-refractivity contribution in [1.82, 2.24) is 20.0 Å². The lowest BCUT2D eigenvalue weighted by molar-refractivity contribution is 0.149. The Kier molecular flexibility index (Phi) is 3.89. The van der Waals surface area contributed by atoms with E-state index in [1.807, 2.05) is 17.9 Å². The van der Waals surface area contributed by atoms with E-state index in [2.05, 4.69) is 28.3 Å². The predicted octanol–water partition coefficient (Wildman–Crippen LogP) is 1.57. The molecule has 0 spiro atoms. The number of hydrogen-bond acceptors (Lipinski definition) is 3. The Bertz CT molecular complexity index is 402. The highest BCUT2D eigenvalue weighted by atomic mass is 15.3. The first-order valence-electron chi connectivity index (χ1n) is 7.73. The van der Waals surface area contributed by atoms with E-state index in [-0.39, 0.29) is 0 Å². The average molecular weight is 262 g/mol. The van der Waals surface area contributed by atoms with Crippen LogP contribution in [0.3, 0.4) is 0 Å². The van der Waals surface area contributed by atoms with Crippen LogP contribution < -0.4 is 5.32 Å². The van der Waals surface area contributed by atoms with Gasteiger partial charge in [-0.25, -0.2) is 0 Å². The Hall–Kier alpha value is -0.870. The van der Waals surface area contributed by atoms with Crippen LogP contribution in [0.25, 0.3) is 0 Å². The highest BCUT2D eigenvalue weighted by molar-refractivity contribution is 5.01. The highest BCUT2D eigenvalue weighted by Crippen LogP contribution is 2.29. The molecule has 2 fully saturated rings. The minimum Gasteiger partial charge on any atom is -0.311 e. The first kappa shape index (κ1) is 13.1. The fraction of sp³-hybridized carbons (Fsp3) is 0.800. The third kappa shape index (κ3) is 2.84. The smallest absolute Gasteiger partial charge is 0.0492 e. The number of nitrogens with zero attached hydrogens (tertiary/aromatic N) is 3. The summed E-state index contributed by atoms with van der Waals surface area (Å²) in [4.78, 5) is 2.68. The zero-order chi connectivity index (χ0) is 13.2. The third-order valence-corrected chi connectivity index (χ3v) is 4.95. The van der Waals surface area contributed by atoms with E-state index in [0.29, 0.717) is 0 Å². The summed E-state index contributed by atoms with van der Waals surface area (Å²) in [7, 11) is 2.04. The van der Waals surface area contributed by atoms with Crippen molar-refractivity contribution in [2.75, 3.05) is 13.1 Å². The van der Waals surface area contributed by atoms with Crippen LogP contribution in [0.5, 0.6) is 0 Å². The molecule has 1 aromatic rings. The van der Waals surface area contributed by atoms with Crippen LogP contribution in [0, 0.1) is 0 Å². The van der Waals surface area contributed by atoms with Crippen LogP contribution in [0.1, 0.15) is 38.3 Å². The molecule has 2 aliphatic heterocycles. The summed E-state index contributed by atoms with van der Waals surface area (Å²) in [5.41, 5.74) is 1.34. The summed E-state index contributed by atoms with van der Waals surface area (Å²) in [6.07, 6.45) is 8.48. The molecule has 0 aliphatic carbocycles. The first-order chi connectivity index (χ1) is 9.26. The molecule has 1 N–H and O–H groups in total. The molecule has 2 unspecified atom stereocenters. The quantitative estimate of drug-likeness (QED) is 0.874. The highest BCUT2D eigenvalue weighted by Gasteiger charge is 2.35. The maximum atomic E-state index is 4.26. The lowest BCUT2D eigenvalue weighted by Crippen LogP contribution is -2.48. The van der Waals surface area contributed by atoms with Crippen molar-refractivity contribution in [1.29, 1.82) is 0 Å². The largest absolute Gasteiger partial charge is 0.311 e. The van der Waals surface area contributed by atoms with Crippen LogP contribution in [0.4, 0.5) is 0 Å². The molecule has 4 heteroatoms. The van der Waals surface area contributed by atoms with Gasteiger partial charge >= 0.3 is 0 Å². The van der Waals surface area contributed by atoms with E-state index < -0.39 is 0 Å². The Balaban J connectivity index is 1.57. The second-order valence-corrected chi connectivity index (χ2v) is 6.09. The lowest BCUT2D eigenvalue weighted by Gasteiger charge is -2.37. The Morgan fingerprint density at radius 1 is 1.37 bits per heavy atom. The van der Waals surface area contributed by atoms with Crippen LogP contribution in [0.2, 0.25) is 0 Å². The van der Waals surface area contributed by atoms with Crippen molar-refractivity contribution < 1.29 is 0 Å². The molecule has 2 saturated heterocycles. The van der Waals surface area contributed by atoms with Gasteiger partial charge in [0, 0.05) is 50.0 Å². The van der Waals surface area contributed by atoms with Crippen LogP contribution in [0.15, 0.2) is 12.3 Å². The summed E-state index contributed by atoms with van der Waals surface area (Å²) in [6, 6.07) is 4.50. The molecule has 2 bridgehead atoms. The van der Waals surface area contributed by atoms with Gasteiger partial charge in [0.1, 0.15) is 0 Å². The van der Waals surface area contributed by atoms with Crippen molar-refractivity contribution >= 4 is 0 Å². The molecule has 2 aliphatic rings. The topological polar surface area (TPSA) is 33.1 Å². The Labute approximate surface area is 116 Å². The molecular weight excluding hydrogens is 236 g/mol. The third-order valence-electron chi connectivity index (χ3n) is 4.95. The number of rotatable bonds is 5. The summed E-state index contributed by atoms with van der Waals surface area (Å²) in [5, 5.41) is 7.99. The van der Waals surface area contributed by atoms with Crippen molar-refractivity contribution in [2.24, 2.45) is 7.05 Å². The monoisotopic (exact) mass is 262 g/mol. The molecule has 106 valence electrons. The fourth-order valence-corrected chi connectivity index (χ4v) is 3.83. The maximum absolute atomic E-state index is 4.26. The van der Waals surface area contributed by atoms with Gasteiger partial charge in [0.05, 0.1) is 0 Å². The molecule has 3 rings (SSSR count). The zero-order valence-corrected chi connectivity index (χ0v) is 12.2. The van der Waals surface area contributed by atoms with Gasteiger partial charge in [-0.2, -0.15) is 5.10 Å². The van der Waals surface area contributed by atoms with E-state index in [0.717, 1.165) is 24.5 Å². The molecule has 4 nitrogen and oxygen atoms in total. The molecule has 3 heterocycles. The number of aromatic nitrogens is 2. The van der Waals surface area contributed by atoms with Crippen molar-refractivity contribution in [3.63, 3.8) is 0 Å². The standard InChI is InChI=1S/C15H26N4/c1-3-19(9-7-14-6-8-16-18(14)2)15-10-12-4-5-13(11-15)17-12/h6,8,12-13,15,17H,3-5,7,9-11H2,1-2H3. The average Bonchev–Trinajstić information content (AvgIpc) is 2.97. The van der Waals surface area contributed by atoms with Crippen LogP contribution in [-0.4, -0.2) is 45.9 Å². The molecule has 1 aromatic heterocycles. The van der Waals surface area contributed by atoms with E-state index >= 15 is 0 Å². The van der Waals surface area contributed by atoms with Crippen molar-refractivity contribution in [3.8, 4) is 0 Å². The van der Waals surface area contributed by atoms with Gasteiger partial charge in [0.2, 0.25) is 0 Å². The Morgan fingerprint density at radius 2 is 2.11 bits per heavy atom. The number of nitrogens with one attached hydrogen (secondary N) is 1. The second kappa shape index (κ2) is 5.63.